The van der Waals surface area contributed by atoms with Crippen molar-refractivity contribution in [1.29, 1.82) is 0 Å². The van der Waals surface area contributed by atoms with Gasteiger partial charge in [0.25, 0.3) is 0 Å². The van der Waals surface area contributed by atoms with E-state index in [-0.39, 0.29) is 0 Å². The molecular weight excluding hydrogens is 423 g/mol. The van der Waals surface area contributed by atoms with Crippen LogP contribution in [0.25, 0.3) is 11.1 Å². The standard InChI is InChI=1S/C20H19BrF3NO2/c21-12-6-5-11-19(27-18(26)25-13-20(22,23)24)16-9-3-1-7-14(16)15-8-2-4-10-17(15)19/h1-4,7-10H,5-6,11-13H2,(H,25,26). The predicted octanol–water partition coefficient (Wildman–Crippen LogP) is 5.76. The van der Waals surface area contributed by atoms with E-state index in [9.17, 15) is 18.0 Å². The maximum Gasteiger partial charge on any atom is 0.408 e. The second-order valence-electron chi connectivity index (χ2n) is 6.42. The first-order valence-electron chi connectivity index (χ1n) is 8.66. The van der Waals surface area contributed by atoms with Crippen molar-refractivity contribution in [2.45, 2.75) is 31.0 Å². The van der Waals surface area contributed by atoms with E-state index < -0.39 is 24.4 Å². The molecule has 1 amide bonds. The molecule has 0 aliphatic heterocycles. The summed E-state index contributed by atoms with van der Waals surface area (Å²) in [6.07, 6.45) is -3.46. The second-order valence-corrected chi connectivity index (χ2v) is 7.22. The van der Waals surface area contributed by atoms with Crippen LogP contribution >= 0.6 is 15.9 Å². The van der Waals surface area contributed by atoms with Gasteiger partial charge in [-0.3, -0.25) is 0 Å². The third kappa shape index (κ3) is 4.13. The van der Waals surface area contributed by atoms with E-state index in [4.69, 9.17) is 4.74 Å². The lowest BCUT2D eigenvalue weighted by Gasteiger charge is -2.32. The van der Waals surface area contributed by atoms with Crippen LogP contribution in [-0.2, 0) is 10.3 Å². The van der Waals surface area contributed by atoms with E-state index >= 15 is 0 Å². The Kier molecular flexibility index (Phi) is 5.79. The van der Waals surface area contributed by atoms with Crippen LogP contribution in [0.2, 0.25) is 0 Å². The van der Waals surface area contributed by atoms with Gasteiger partial charge in [-0.25, -0.2) is 4.79 Å². The monoisotopic (exact) mass is 441 g/mol. The number of ether oxygens (including phenoxy) is 1. The van der Waals surface area contributed by atoms with E-state index in [0.717, 1.165) is 40.4 Å². The average Bonchev–Trinajstić information content (AvgIpc) is 2.91. The lowest BCUT2D eigenvalue weighted by Crippen LogP contribution is -2.40. The molecule has 0 aromatic heterocycles. The molecule has 2 aromatic carbocycles. The zero-order valence-corrected chi connectivity index (χ0v) is 16.1. The molecule has 0 fully saturated rings. The zero-order valence-electron chi connectivity index (χ0n) is 14.5. The van der Waals surface area contributed by atoms with Crippen molar-refractivity contribution in [3.05, 3.63) is 59.7 Å². The molecule has 0 spiro atoms. The molecule has 0 unspecified atom stereocenters. The smallest absolute Gasteiger partial charge is 0.408 e. The molecule has 7 heteroatoms. The summed E-state index contributed by atoms with van der Waals surface area (Å²) in [5.41, 5.74) is 2.40. The summed E-state index contributed by atoms with van der Waals surface area (Å²) in [4.78, 5) is 12.3. The van der Waals surface area contributed by atoms with Crippen molar-refractivity contribution in [3.8, 4) is 11.1 Å². The van der Waals surface area contributed by atoms with Crippen molar-refractivity contribution < 1.29 is 22.7 Å². The highest BCUT2D eigenvalue weighted by Crippen LogP contribution is 2.52. The average molecular weight is 442 g/mol. The maximum absolute atomic E-state index is 12.5. The number of halogens is 4. The Morgan fingerprint density at radius 1 is 1.00 bits per heavy atom. The summed E-state index contributed by atoms with van der Waals surface area (Å²) < 4.78 is 43.2. The number of unbranched alkanes of at least 4 members (excludes halogenated alkanes) is 1. The minimum Gasteiger partial charge on any atom is -0.433 e. The van der Waals surface area contributed by atoms with E-state index in [1.807, 2.05) is 53.8 Å². The van der Waals surface area contributed by atoms with Crippen LogP contribution in [0.3, 0.4) is 0 Å². The molecule has 0 atom stereocenters. The Morgan fingerprint density at radius 2 is 1.56 bits per heavy atom. The van der Waals surface area contributed by atoms with Crippen LogP contribution in [0.15, 0.2) is 48.5 Å². The number of carbonyl (C=O) groups is 1. The fourth-order valence-corrected chi connectivity index (χ4v) is 3.95. The predicted molar refractivity (Wildman–Crippen MR) is 101 cm³/mol. The molecule has 1 N–H and O–H groups in total. The third-order valence-electron chi connectivity index (χ3n) is 4.63. The highest BCUT2D eigenvalue weighted by Gasteiger charge is 2.46. The largest absolute Gasteiger partial charge is 0.433 e. The van der Waals surface area contributed by atoms with E-state index in [1.165, 1.54) is 0 Å². The first-order valence-corrected chi connectivity index (χ1v) is 9.78. The van der Waals surface area contributed by atoms with Gasteiger partial charge < -0.3 is 10.1 Å². The van der Waals surface area contributed by atoms with Gasteiger partial charge in [-0.15, -0.1) is 0 Å². The molecule has 1 aliphatic rings. The van der Waals surface area contributed by atoms with Crippen molar-refractivity contribution in [1.82, 2.24) is 5.32 Å². The number of hydrogen-bond acceptors (Lipinski definition) is 2. The minimum atomic E-state index is -4.49. The number of alkyl halides is 4. The summed E-state index contributed by atoms with van der Waals surface area (Å²) in [5.74, 6) is 0. The van der Waals surface area contributed by atoms with Gasteiger partial charge >= 0.3 is 12.3 Å². The molecule has 144 valence electrons. The van der Waals surface area contributed by atoms with Gasteiger partial charge in [-0.05, 0) is 30.4 Å². The number of fused-ring (bicyclic) bond motifs is 3. The van der Waals surface area contributed by atoms with Crippen LogP contribution in [0.4, 0.5) is 18.0 Å². The van der Waals surface area contributed by atoms with Gasteiger partial charge in [-0.2, -0.15) is 13.2 Å². The Morgan fingerprint density at radius 3 is 2.07 bits per heavy atom. The van der Waals surface area contributed by atoms with E-state index in [0.29, 0.717) is 6.42 Å². The Balaban J connectivity index is 1.99. The van der Waals surface area contributed by atoms with Crippen LogP contribution in [0.5, 0.6) is 0 Å². The SMILES string of the molecule is O=C(NCC(F)(F)F)OC1(CCCCBr)c2ccccc2-c2ccccc21. The molecule has 2 aromatic rings. The maximum atomic E-state index is 12.5. The minimum absolute atomic E-state index is 0.492. The lowest BCUT2D eigenvalue weighted by atomic mass is 9.86. The fraction of sp³-hybridized carbons (Fsp3) is 0.350. The number of amides is 1. The van der Waals surface area contributed by atoms with Crippen LogP contribution < -0.4 is 5.32 Å². The van der Waals surface area contributed by atoms with E-state index in [2.05, 4.69) is 15.9 Å². The summed E-state index contributed by atoms with van der Waals surface area (Å²) >= 11 is 3.39. The number of carbonyl (C=O) groups excluding carboxylic acids is 1. The van der Waals surface area contributed by atoms with Gasteiger partial charge in [0.15, 0.2) is 5.60 Å². The van der Waals surface area contributed by atoms with Crippen molar-refractivity contribution in [3.63, 3.8) is 0 Å². The van der Waals surface area contributed by atoms with Gasteiger partial charge in [0.1, 0.15) is 6.54 Å². The van der Waals surface area contributed by atoms with Crippen molar-refractivity contribution >= 4 is 22.0 Å². The number of nitrogens with one attached hydrogen (secondary N) is 1. The molecule has 0 bridgehead atoms. The molecule has 1 aliphatic carbocycles. The van der Waals surface area contributed by atoms with Gasteiger partial charge in [0.05, 0.1) is 0 Å². The Labute approximate surface area is 164 Å². The lowest BCUT2D eigenvalue weighted by molar-refractivity contribution is -0.124. The molecule has 0 heterocycles. The molecule has 0 saturated carbocycles. The first kappa shape index (κ1) is 19.7. The van der Waals surface area contributed by atoms with Crippen LogP contribution in [0.1, 0.15) is 30.4 Å². The molecular formula is C20H19BrF3NO2. The zero-order chi connectivity index (χ0) is 19.5. The van der Waals surface area contributed by atoms with Crippen LogP contribution in [-0.4, -0.2) is 24.1 Å². The molecule has 3 nitrogen and oxygen atoms in total. The normalized spacial score (nSPS) is 14.4. The van der Waals surface area contributed by atoms with Gasteiger partial charge in [0.2, 0.25) is 0 Å². The number of hydrogen-bond donors (Lipinski definition) is 1. The van der Waals surface area contributed by atoms with Crippen LogP contribution in [0, 0.1) is 0 Å². The quantitative estimate of drug-likeness (QED) is 0.456. The first-order chi connectivity index (χ1) is 12.9. The molecule has 0 saturated heterocycles. The summed E-state index contributed by atoms with van der Waals surface area (Å²) in [6, 6.07) is 15.1. The van der Waals surface area contributed by atoms with E-state index in [1.54, 1.807) is 0 Å². The van der Waals surface area contributed by atoms with Gasteiger partial charge in [0, 0.05) is 16.5 Å². The number of benzene rings is 2. The molecule has 0 radical (unpaired) electrons. The summed E-state index contributed by atoms with van der Waals surface area (Å²) in [6.45, 7) is -1.42. The van der Waals surface area contributed by atoms with Crippen molar-refractivity contribution in [2.24, 2.45) is 0 Å². The second kappa shape index (κ2) is 7.92. The fourth-order valence-electron chi connectivity index (χ4n) is 3.55. The third-order valence-corrected chi connectivity index (χ3v) is 5.19. The Bertz CT molecular complexity index is 777. The Hall–Kier alpha value is -2.02. The van der Waals surface area contributed by atoms with Crippen molar-refractivity contribution in [2.75, 3.05) is 11.9 Å². The molecule has 3 rings (SSSR count). The topological polar surface area (TPSA) is 38.3 Å². The number of alkyl carbamates (subject to hydrolysis) is 1. The molecule has 27 heavy (non-hydrogen) atoms. The summed E-state index contributed by atoms with van der Waals surface area (Å²) in [5, 5.41) is 2.63. The highest BCUT2D eigenvalue weighted by molar-refractivity contribution is 9.09. The summed E-state index contributed by atoms with van der Waals surface area (Å²) in [7, 11) is 0. The highest BCUT2D eigenvalue weighted by atomic mass is 79.9. The van der Waals surface area contributed by atoms with Gasteiger partial charge in [-0.1, -0.05) is 64.5 Å². The number of rotatable bonds is 6.